The number of anilines is 1. The highest BCUT2D eigenvalue weighted by Crippen LogP contribution is 2.38. The van der Waals surface area contributed by atoms with Crippen molar-refractivity contribution in [2.24, 2.45) is 17.6 Å². The Labute approximate surface area is 129 Å². The summed E-state index contributed by atoms with van der Waals surface area (Å²) < 4.78 is 28.6. The van der Waals surface area contributed by atoms with Gasteiger partial charge in [0, 0.05) is 18.7 Å². The van der Waals surface area contributed by atoms with Crippen molar-refractivity contribution < 1.29 is 8.78 Å². The Kier molecular flexibility index (Phi) is 4.11. The highest BCUT2D eigenvalue weighted by molar-refractivity contribution is 7.80. The summed E-state index contributed by atoms with van der Waals surface area (Å²) in [5.41, 5.74) is 5.78. The molecule has 0 amide bonds. The summed E-state index contributed by atoms with van der Waals surface area (Å²) in [5, 5.41) is 0. The predicted octanol–water partition coefficient (Wildman–Crippen LogP) is 3.62. The minimum absolute atomic E-state index is 0.0188. The van der Waals surface area contributed by atoms with Gasteiger partial charge in [0.25, 0.3) is 0 Å². The van der Waals surface area contributed by atoms with E-state index in [1.54, 1.807) is 0 Å². The molecule has 0 aromatic heterocycles. The standard InChI is InChI=1S/C16H20F2N2S/c17-13-7-12(16(19)21)8-14(18)15(13)20-6-5-10-3-1-2-4-11(10)9-20/h7-8,10-11H,1-6,9H2,(H2,19,21). The first-order chi connectivity index (χ1) is 10.1. The third kappa shape index (κ3) is 2.89. The minimum atomic E-state index is -0.563. The molecule has 0 bridgehead atoms. The lowest BCUT2D eigenvalue weighted by Crippen LogP contribution is -2.42. The summed E-state index contributed by atoms with van der Waals surface area (Å²) in [4.78, 5) is 1.88. The van der Waals surface area contributed by atoms with Gasteiger partial charge in [-0.3, -0.25) is 0 Å². The molecule has 5 heteroatoms. The first-order valence-corrected chi connectivity index (χ1v) is 8.01. The summed E-state index contributed by atoms with van der Waals surface area (Å²) >= 11 is 4.79. The third-order valence-electron chi connectivity index (χ3n) is 4.91. The molecular formula is C16H20F2N2S. The smallest absolute Gasteiger partial charge is 0.150 e. The van der Waals surface area contributed by atoms with E-state index in [9.17, 15) is 8.78 Å². The Morgan fingerprint density at radius 3 is 2.33 bits per heavy atom. The molecule has 2 atom stereocenters. The Hall–Kier alpha value is -1.23. The van der Waals surface area contributed by atoms with Crippen LogP contribution in [0.3, 0.4) is 0 Å². The maximum atomic E-state index is 14.3. The number of hydrogen-bond donors (Lipinski definition) is 1. The number of nitrogens with two attached hydrogens (primary N) is 1. The summed E-state index contributed by atoms with van der Waals surface area (Å²) in [7, 11) is 0. The highest BCUT2D eigenvalue weighted by atomic mass is 32.1. The fourth-order valence-electron chi connectivity index (χ4n) is 3.81. The number of halogens is 2. The van der Waals surface area contributed by atoms with Gasteiger partial charge in [-0.25, -0.2) is 8.78 Å². The lowest BCUT2D eigenvalue weighted by molar-refractivity contribution is 0.201. The lowest BCUT2D eigenvalue weighted by Gasteiger charge is -2.42. The third-order valence-corrected chi connectivity index (χ3v) is 5.14. The molecule has 1 aromatic rings. The molecule has 1 saturated heterocycles. The van der Waals surface area contributed by atoms with Gasteiger partial charge in [0.1, 0.15) is 22.3 Å². The van der Waals surface area contributed by atoms with Crippen molar-refractivity contribution in [3.8, 4) is 0 Å². The maximum absolute atomic E-state index is 14.3. The molecule has 0 radical (unpaired) electrons. The van der Waals surface area contributed by atoms with Crippen LogP contribution in [-0.2, 0) is 0 Å². The lowest BCUT2D eigenvalue weighted by atomic mass is 9.75. The highest BCUT2D eigenvalue weighted by Gasteiger charge is 2.33. The molecule has 0 spiro atoms. The molecule has 2 N–H and O–H groups in total. The Balaban J connectivity index is 1.85. The average molecular weight is 310 g/mol. The van der Waals surface area contributed by atoms with Gasteiger partial charge in [-0.05, 0) is 36.8 Å². The van der Waals surface area contributed by atoms with E-state index < -0.39 is 11.6 Å². The monoisotopic (exact) mass is 310 g/mol. The number of thiocarbonyl (C=S) groups is 1. The van der Waals surface area contributed by atoms with Crippen molar-refractivity contribution in [3.63, 3.8) is 0 Å². The Morgan fingerprint density at radius 1 is 1.10 bits per heavy atom. The van der Waals surface area contributed by atoms with Crippen molar-refractivity contribution in [1.29, 1.82) is 0 Å². The van der Waals surface area contributed by atoms with Crippen LogP contribution in [0.25, 0.3) is 0 Å². The molecule has 1 aliphatic carbocycles. The maximum Gasteiger partial charge on any atom is 0.150 e. The van der Waals surface area contributed by atoms with Crippen LogP contribution in [0.5, 0.6) is 0 Å². The predicted molar refractivity (Wildman–Crippen MR) is 84.5 cm³/mol. The number of piperidine rings is 1. The fourth-order valence-corrected chi connectivity index (χ4v) is 3.93. The molecule has 3 rings (SSSR count). The number of benzene rings is 1. The average Bonchev–Trinajstić information content (AvgIpc) is 2.46. The van der Waals surface area contributed by atoms with Gasteiger partial charge in [-0.15, -0.1) is 0 Å². The van der Waals surface area contributed by atoms with Crippen LogP contribution in [0.15, 0.2) is 12.1 Å². The Morgan fingerprint density at radius 2 is 1.71 bits per heavy atom. The second kappa shape index (κ2) is 5.87. The summed E-state index contributed by atoms with van der Waals surface area (Å²) in [6, 6.07) is 2.49. The summed E-state index contributed by atoms with van der Waals surface area (Å²) in [6.07, 6.45) is 6.01. The van der Waals surface area contributed by atoms with Crippen molar-refractivity contribution in [1.82, 2.24) is 0 Å². The van der Waals surface area contributed by atoms with E-state index in [4.69, 9.17) is 18.0 Å². The van der Waals surface area contributed by atoms with E-state index in [1.165, 1.54) is 37.8 Å². The molecule has 2 unspecified atom stereocenters. The quantitative estimate of drug-likeness (QED) is 0.846. The van der Waals surface area contributed by atoms with E-state index in [1.807, 2.05) is 4.90 Å². The molecule has 114 valence electrons. The van der Waals surface area contributed by atoms with Crippen LogP contribution in [0.1, 0.15) is 37.7 Å². The second-order valence-electron chi connectivity index (χ2n) is 6.19. The molecular weight excluding hydrogens is 290 g/mol. The van der Waals surface area contributed by atoms with Crippen molar-refractivity contribution >= 4 is 22.9 Å². The molecule has 1 heterocycles. The number of hydrogen-bond acceptors (Lipinski definition) is 2. The van der Waals surface area contributed by atoms with Gasteiger partial charge in [-0.1, -0.05) is 31.5 Å². The van der Waals surface area contributed by atoms with Crippen LogP contribution >= 0.6 is 12.2 Å². The summed E-state index contributed by atoms with van der Waals surface area (Å²) in [6.45, 7) is 1.48. The molecule has 1 aromatic carbocycles. The van der Waals surface area contributed by atoms with Crippen molar-refractivity contribution in [2.45, 2.75) is 32.1 Å². The van der Waals surface area contributed by atoms with Crippen LogP contribution < -0.4 is 10.6 Å². The Bertz CT molecular complexity index is 538. The topological polar surface area (TPSA) is 29.3 Å². The SMILES string of the molecule is NC(=S)c1cc(F)c(N2CCC3CCCCC3C2)c(F)c1. The van der Waals surface area contributed by atoms with Gasteiger partial charge in [-0.2, -0.15) is 0 Å². The largest absolute Gasteiger partial charge is 0.389 e. The number of fused-ring (bicyclic) bond motifs is 1. The van der Waals surface area contributed by atoms with Gasteiger partial charge in [0.05, 0.1) is 0 Å². The van der Waals surface area contributed by atoms with Crippen LogP contribution in [0.2, 0.25) is 0 Å². The normalized spacial score (nSPS) is 25.5. The van der Waals surface area contributed by atoms with Crippen LogP contribution in [-0.4, -0.2) is 18.1 Å². The second-order valence-corrected chi connectivity index (χ2v) is 6.63. The van der Waals surface area contributed by atoms with E-state index in [-0.39, 0.29) is 16.2 Å². The van der Waals surface area contributed by atoms with Gasteiger partial charge < -0.3 is 10.6 Å². The molecule has 1 saturated carbocycles. The van der Waals surface area contributed by atoms with E-state index in [0.717, 1.165) is 25.4 Å². The number of rotatable bonds is 2. The van der Waals surface area contributed by atoms with Gasteiger partial charge in [0.15, 0.2) is 0 Å². The van der Waals surface area contributed by atoms with Gasteiger partial charge >= 0.3 is 0 Å². The van der Waals surface area contributed by atoms with E-state index in [0.29, 0.717) is 5.92 Å². The zero-order chi connectivity index (χ0) is 15.0. The molecule has 2 fully saturated rings. The van der Waals surface area contributed by atoms with Crippen molar-refractivity contribution in [2.75, 3.05) is 18.0 Å². The van der Waals surface area contributed by atoms with Crippen LogP contribution in [0, 0.1) is 23.5 Å². The van der Waals surface area contributed by atoms with E-state index >= 15 is 0 Å². The zero-order valence-corrected chi connectivity index (χ0v) is 12.8. The van der Waals surface area contributed by atoms with Crippen LogP contribution in [0.4, 0.5) is 14.5 Å². The summed E-state index contributed by atoms with van der Waals surface area (Å²) in [5.74, 6) is 0.178. The first kappa shape index (κ1) is 14.7. The molecule has 21 heavy (non-hydrogen) atoms. The molecule has 1 aliphatic heterocycles. The first-order valence-electron chi connectivity index (χ1n) is 7.60. The van der Waals surface area contributed by atoms with E-state index in [2.05, 4.69) is 0 Å². The fraction of sp³-hybridized carbons (Fsp3) is 0.562. The molecule has 2 nitrogen and oxygen atoms in total. The minimum Gasteiger partial charge on any atom is -0.389 e. The van der Waals surface area contributed by atoms with Crippen molar-refractivity contribution in [3.05, 3.63) is 29.3 Å². The van der Waals surface area contributed by atoms with Gasteiger partial charge in [0.2, 0.25) is 0 Å². The molecule has 2 aliphatic rings. The number of nitrogens with zero attached hydrogens (tertiary/aromatic N) is 1. The zero-order valence-electron chi connectivity index (χ0n) is 11.9.